The largest absolute Gasteiger partial charge is 0.489 e. The first-order valence-electron chi connectivity index (χ1n) is 10.6. The Bertz CT molecular complexity index is 789. The fourth-order valence-corrected chi connectivity index (χ4v) is 3.59. The third-order valence-electron chi connectivity index (χ3n) is 5.45. The number of nitrogens with zero attached hydrogens (tertiary/aromatic N) is 2. The van der Waals surface area contributed by atoms with Crippen LogP contribution in [0.4, 0.5) is 5.82 Å². The molecule has 1 aliphatic heterocycles. The van der Waals surface area contributed by atoms with Gasteiger partial charge in [-0.25, -0.2) is 4.98 Å². The van der Waals surface area contributed by atoms with E-state index in [9.17, 15) is 4.79 Å². The molecular weight excluding hydrogens is 364 g/mol. The quantitative estimate of drug-likeness (QED) is 0.597. The lowest BCUT2D eigenvalue weighted by Gasteiger charge is -2.19. The molecule has 3 atom stereocenters. The predicted octanol–water partition coefficient (Wildman–Crippen LogP) is 5.00. The van der Waals surface area contributed by atoms with Crippen LogP contribution in [0.1, 0.15) is 58.4 Å². The predicted molar refractivity (Wildman–Crippen MR) is 116 cm³/mol. The highest BCUT2D eigenvalue weighted by molar-refractivity contribution is 5.76. The summed E-state index contributed by atoms with van der Waals surface area (Å²) in [5.74, 6) is 3.11. The Morgan fingerprint density at radius 2 is 1.90 bits per heavy atom. The Morgan fingerprint density at radius 1 is 1.17 bits per heavy atom. The minimum absolute atomic E-state index is 0.147. The van der Waals surface area contributed by atoms with E-state index in [-0.39, 0.29) is 23.9 Å². The minimum atomic E-state index is 0.147. The number of rotatable bonds is 9. The Balaban J connectivity index is 1.52. The molecule has 3 rings (SSSR count). The zero-order chi connectivity index (χ0) is 20.8. The smallest absolute Gasteiger partial charge is 0.138 e. The summed E-state index contributed by atoms with van der Waals surface area (Å²) >= 11 is 0. The average molecular weight is 397 g/mol. The van der Waals surface area contributed by atoms with E-state index in [0.717, 1.165) is 43.2 Å². The molecular formula is C24H32N2O3. The first-order valence-corrected chi connectivity index (χ1v) is 10.6. The van der Waals surface area contributed by atoms with Gasteiger partial charge in [-0.15, -0.1) is 0 Å². The number of carbonyl (C=O) groups is 1. The number of benzene rings is 1. The molecule has 0 amide bonds. The number of pyridine rings is 1. The topological polar surface area (TPSA) is 51.7 Å². The van der Waals surface area contributed by atoms with Gasteiger partial charge in [0.15, 0.2) is 0 Å². The van der Waals surface area contributed by atoms with Crippen molar-refractivity contribution in [1.82, 2.24) is 4.98 Å². The molecule has 0 spiro atoms. The van der Waals surface area contributed by atoms with Crippen molar-refractivity contribution < 1.29 is 14.3 Å². The van der Waals surface area contributed by atoms with Gasteiger partial charge in [0.1, 0.15) is 29.2 Å². The SMILES string of the molecule is CCC(C)Oc1ccc(N2CCC(Oc3ccc([C@H](C)CC(C)=O)cc3)C2)nc1. The number of ether oxygens (including phenoxy) is 2. The summed E-state index contributed by atoms with van der Waals surface area (Å²) < 4.78 is 12.0. The summed E-state index contributed by atoms with van der Waals surface area (Å²) in [7, 11) is 0. The fourth-order valence-electron chi connectivity index (χ4n) is 3.59. The minimum Gasteiger partial charge on any atom is -0.489 e. The Morgan fingerprint density at radius 3 is 2.52 bits per heavy atom. The van der Waals surface area contributed by atoms with Crippen molar-refractivity contribution in [2.24, 2.45) is 0 Å². The van der Waals surface area contributed by atoms with Gasteiger partial charge in [-0.05, 0) is 56.0 Å². The lowest BCUT2D eigenvalue weighted by molar-refractivity contribution is -0.117. The summed E-state index contributed by atoms with van der Waals surface area (Å²) in [6.07, 6.45) is 4.67. The van der Waals surface area contributed by atoms with Gasteiger partial charge in [-0.2, -0.15) is 0 Å². The molecule has 1 aromatic heterocycles. The number of aromatic nitrogens is 1. The Hall–Kier alpha value is -2.56. The van der Waals surface area contributed by atoms with Crippen LogP contribution < -0.4 is 14.4 Å². The lowest BCUT2D eigenvalue weighted by Crippen LogP contribution is -2.25. The number of anilines is 1. The third kappa shape index (κ3) is 5.96. The number of hydrogen-bond acceptors (Lipinski definition) is 5. The molecule has 2 heterocycles. The standard InChI is InChI=1S/C24H32N2O3/c1-5-19(4)28-22-10-11-24(25-15-22)26-13-12-23(16-26)29-21-8-6-20(7-9-21)17(2)14-18(3)27/h6-11,15,17,19,23H,5,12-14,16H2,1-4H3/t17-,19?,23?/m1/s1. The van der Waals surface area contributed by atoms with Crippen LogP contribution in [0.5, 0.6) is 11.5 Å². The van der Waals surface area contributed by atoms with Gasteiger partial charge in [-0.3, -0.25) is 0 Å². The van der Waals surface area contributed by atoms with Crippen LogP contribution in [0.25, 0.3) is 0 Å². The third-order valence-corrected chi connectivity index (χ3v) is 5.45. The molecule has 1 aromatic carbocycles. The molecule has 1 fully saturated rings. The molecule has 0 radical (unpaired) electrons. The second-order valence-electron chi connectivity index (χ2n) is 8.04. The molecule has 0 N–H and O–H groups in total. The zero-order valence-electron chi connectivity index (χ0n) is 17.9. The second-order valence-corrected chi connectivity index (χ2v) is 8.04. The van der Waals surface area contributed by atoms with Gasteiger partial charge in [-0.1, -0.05) is 26.0 Å². The van der Waals surface area contributed by atoms with E-state index >= 15 is 0 Å². The van der Waals surface area contributed by atoms with Crippen molar-refractivity contribution in [3.8, 4) is 11.5 Å². The van der Waals surface area contributed by atoms with Gasteiger partial charge >= 0.3 is 0 Å². The molecule has 1 saturated heterocycles. The van der Waals surface area contributed by atoms with Gasteiger partial charge in [0.05, 0.1) is 18.8 Å². The summed E-state index contributed by atoms with van der Waals surface area (Å²) in [5.41, 5.74) is 1.17. The van der Waals surface area contributed by atoms with Crippen LogP contribution in [0.3, 0.4) is 0 Å². The van der Waals surface area contributed by atoms with E-state index in [0.29, 0.717) is 6.42 Å². The molecule has 0 saturated carbocycles. The average Bonchev–Trinajstić information content (AvgIpc) is 3.17. The number of Topliss-reactive ketones (excluding diaryl/α,β-unsaturated/α-hetero) is 1. The van der Waals surface area contributed by atoms with Crippen molar-refractivity contribution in [1.29, 1.82) is 0 Å². The van der Waals surface area contributed by atoms with Crippen LogP contribution >= 0.6 is 0 Å². The molecule has 0 bridgehead atoms. The second kappa shape index (κ2) is 9.77. The van der Waals surface area contributed by atoms with Gasteiger partial charge in [0.2, 0.25) is 0 Å². The number of carbonyl (C=O) groups excluding carboxylic acids is 1. The first kappa shape index (κ1) is 21.2. The van der Waals surface area contributed by atoms with Crippen LogP contribution in [0.15, 0.2) is 42.6 Å². The molecule has 2 aromatic rings. The van der Waals surface area contributed by atoms with Crippen molar-refractivity contribution in [3.63, 3.8) is 0 Å². The summed E-state index contributed by atoms with van der Waals surface area (Å²) in [4.78, 5) is 18.1. The van der Waals surface area contributed by atoms with Crippen molar-refractivity contribution in [3.05, 3.63) is 48.2 Å². The van der Waals surface area contributed by atoms with E-state index in [1.807, 2.05) is 24.3 Å². The van der Waals surface area contributed by atoms with Gasteiger partial charge < -0.3 is 19.2 Å². The van der Waals surface area contributed by atoms with E-state index in [1.54, 1.807) is 13.1 Å². The van der Waals surface area contributed by atoms with Gasteiger partial charge in [0.25, 0.3) is 0 Å². The van der Waals surface area contributed by atoms with E-state index in [4.69, 9.17) is 9.47 Å². The number of ketones is 1. The highest BCUT2D eigenvalue weighted by atomic mass is 16.5. The molecule has 1 aliphatic rings. The number of hydrogen-bond donors (Lipinski definition) is 0. The van der Waals surface area contributed by atoms with E-state index < -0.39 is 0 Å². The maximum atomic E-state index is 11.3. The Labute approximate surface area is 174 Å². The van der Waals surface area contributed by atoms with Crippen LogP contribution in [-0.2, 0) is 4.79 Å². The molecule has 2 unspecified atom stereocenters. The van der Waals surface area contributed by atoms with Crippen LogP contribution in [-0.4, -0.2) is 36.1 Å². The summed E-state index contributed by atoms with van der Waals surface area (Å²) in [5, 5.41) is 0. The highest BCUT2D eigenvalue weighted by Gasteiger charge is 2.25. The van der Waals surface area contributed by atoms with Crippen LogP contribution in [0, 0.1) is 0 Å². The zero-order valence-corrected chi connectivity index (χ0v) is 17.9. The van der Waals surface area contributed by atoms with Crippen molar-refractivity contribution in [2.45, 2.75) is 65.1 Å². The molecule has 29 heavy (non-hydrogen) atoms. The molecule has 5 heteroatoms. The van der Waals surface area contributed by atoms with Crippen molar-refractivity contribution in [2.75, 3.05) is 18.0 Å². The normalized spacial score (nSPS) is 18.3. The highest BCUT2D eigenvalue weighted by Crippen LogP contribution is 2.26. The van der Waals surface area contributed by atoms with Crippen LogP contribution in [0.2, 0.25) is 0 Å². The fraction of sp³-hybridized carbons (Fsp3) is 0.500. The lowest BCUT2D eigenvalue weighted by atomic mass is 9.96. The van der Waals surface area contributed by atoms with E-state index in [1.165, 1.54) is 5.56 Å². The Kier molecular flexibility index (Phi) is 7.13. The summed E-state index contributed by atoms with van der Waals surface area (Å²) in [6.45, 7) is 9.64. The first-order chi connectivity index (χ1) is 13.9. The van der Waals surface area contributed by atoms with Crippen molar-refractivity contribution >= 4 is 11.6 Å². The van der Waals surface area contributed by atoms with Gasteiger partial charge in [0, 0.05) is 19.4 Å². The maximum absolute atomic E-state index is 11.3. The monoisotopic (exact) mass is 396 g/mol. The summed E-state index contributed by atoms with van der Waals surface area (Å²) in [6, 6.07) is 12.2. The molecule has 0 aliphatic carbocycles. The molecule has 5 nitrogen and oxygen atoms in total. The maximum Gasteiger partial charge on any atom is 0.138 e. The van der Waals surface area contributed by atoms with E-state index in [2.05, 4.69) is 42.8 Å². The molecule has 156 valence electrons.